The summed E-state index contributed by atoms with van der Waals surface area (Å²) in [6, 6.07) is 3.77. The molecule has 0 aromatic heterocycles. The molecule has 0 amide bonds. The van der Waals surface area contributed by atoms with Gasteiger partial charge in [0.25, 0.3) is 0 Å². The molecule has 2 N–H and O–H groups in total. The van der Waals surface area contributed by atoms with Crippen molar-refractivity contribution >= 4 is 0 Å². The first-order valence-corrected chi connectivity index (χ1v) is 7.00. The maximum atomic E-state index is 5.85. The molecule has 0 aliphatic heterocycles. The predicted molar refractivity (Wildman–Crippen MR) is 80.7 cm³/mol. The van der Waals surface area contributed by atoms with E-state index in [1.807, 2.05) is 12.1 Å². The van der Waals surface area contributed by atoms with Crippen LogP contribution in [0.15, 0.2) is 12.1 Å². The van der Waals surface area contributed by atoms with Gasteiger partial charge in [-0.15, -0.1) is 0 Å². The van der Waals surface area contributed by atoms with Crippen LogP contribution in [0.4, 0.5) is 0 Å². The molecule has 0 radical (unpaired) electrons. The molecule has 0 aliphatic carbocycles. The van der Waals surface area contributed by atoms with Gasteiger partial charge < -0.3 is 24.8 Å². The van der Waals surface area contributed by atoms with Crippen molar-refractivity contribution in [1.29, 1.82) is 0 Å². The number of hydrogen-bond donors (Lipinski definition) is 1. The zero-order chi connectivity index (χ0) is 15.0. The number of nitrogens with two attached hydrogens (primary N) is 1. The van der Waals surface area contributed by atoms with Gasteiger partial charge in [-0.1, -0.05) is 13.8 Å². The minimum atomic E-state index is 0.437. The summed E-state index contributed by atoms with van der Waals surface area (Å²) in [5.41, 5.74) is 6.62. The molecule has 114 valence electrons. The van der Waals surface area contributed by atoms with Crippen LogP contribution in [0.25, 0.3) is 0 Å². The summed E-state index contributed by atoms with van der Waals surface area (Å²) in [5, 5.41) is 0. The smallest absolute Gasteiger partial charge is 0.203 e. The van der Waals surface area contributed by atoms with Crippen molar-refractivity contribution in [2.75, 3.05) is 40.5 Å². The molecule has 0 fully saturated rings. The van der Waals surface area contributed by atoms with Gasteiger partial charge in [-0.25, -0.2) is 0 Å². The Kier molecular flexibility index (Phi) is 7.18. The molecule has 0 spiro atoms. The Morgan fingerprint density at radius 1 is 1.05 bits per heavy atom. The molecule has 0 heterocycles. The average molecular weight is 282 g/mol. The molecule has 1 aromatic carbocycles. The predicted octanol–water partition coefficient (Wildman–Crippen LogP) is 1.88. The van der Waals surface area contributed by atoms with Crippen molar-refractivity contribution in [2.45, 2.75) is 20.4 Å². The number of benzene rings is 1. The summed E-state index contributed by atoms with van der Waals surface area (Å²) in [6.07, 6.45) is 0. The van der Waals surface area contributed by atoms with Crippen molar-refractivity contribution < 1.29 is 14.2 Å². The van der Waals surface area contributed by atoms with Gasteiger partial charge in [0.15, 0.2) is 11.5 Å². The molecule has 1 rings (SSSR count). The second-order valence-corrected chi connectivity index (χ2v) is 4.41. The Balaban J connectivity index is 2.81. The summed E-state index contributed by atoms with van der Waals surface area (Å²) < 4.78 is 16.6. The van der Waals surface area contributed by atoms with Crippen LogP contribution < -0.4 is 19.9 Å². The van der Waals surface area contributed by atoms with Gasteiger partial charge in [-0.3, -0.25) is 0 Å². The topological polar surface area (TPSA) is 57.0 Å². The lowest BCUT2D eigenvalue weighted by atomic mass is 10.2. The summed E-state index contributed by atoms with van der Waals surface area (Å²) >= 11 is 0. The zero-order valence-electron chi connectivity index (χ0n) is 12.9. The van der Waals surface area contributed by atoms with E-state index in [9.17, 15) is 0 Å². The summed E-state index contributed by atoms with van der Waals surface area (Å²) in [6.45, 7) is 8.21. The van der Waals surface area contributed by atoms with E-state index in [-0.39, 0.29) is 0 Å². The minimum Gasteiger partial charge on any atom is -0.493 e. The Morgan fingerprint density at radius 3 is 2.00 bits per heavy atom. The monoisotopic (exact) mass is 282 g/mol. The van der Waals surface area contributed by atoms with E-state index in [0.717, 1.165) is 25.2 Å². The quantitative estimate of drug-likeness (QED) is 0.749. The van der Waals surface area contributed by atoms with E-state index in [1.165, 1.54) is 0 Å². The molecule has 0 bridgehead atoms. The third kappa shape index (κ3) is 4.28. The van der Waals surface area contributed by atoms with Crippen molar-refractivity contribution in [1.82, 2.24) is 4.90 Å². The van der Waals surface area contributed by atoms with Gasteiger partial charge in [0.1, 0.15) is 6.61 Å². The van der Waals surface area contributed by atoms with E-state index < -0.39 is 0 Å². The van der Waals surface area contributed by atoms with Crippen LogP contribution in [0.1, 0.15) is 19.4 Å². The maximum Gasteiger partial charge on any atom is 0.203 e. The number of rotatable bonds is 9. The van der Waals surface area contributed by atoms with Gasteiger partial charge in [-0.05, 0) is 30.8 Å². The van der Waals surface area contributed by atoms with Gasteiger partial charge >= 0.3 is 0 Å². The highest BCUT2D eigenvalue weighted by Crippen LogP contribution is 2.38. The summed E-state index contributed by atoms with van der Waals surface area (Å²) in [5.74, 6) is 1.95. The molecule has 5 heteroatoms. The highest BCUT2D eigenvalue weighted by Gasteiger charge is 2.14. The molecule has 20 heavy (non-hydrogen) atoms. The lowest BCUT2D eigenvalue weighted by molar-refractivity contribution is 0.211. The largest absolute Gasteiger partial charge is 0.493 e. The number of likely N-dealkylation sites (N-methyl/N-ethyl adjacent to an activating group) is 1. The standard InChI is InChI=1S/C15H26N2O3/c1-5-17(6-2)7-8-20-15-13(18-3)9-12(11-16)10-14(15)19-4/h9-10H,5-8,11,16H2,1-4H3. The average Bonchev–Trinajstić information content (AvgIpc) is 2.50. The molecule has 0 unspecified atom stereocenters. The van der Waals surface area contributed by atoms with Crippen molar-refractivity contribution in [2.24, 2.45) is 5.73 Å². The Morgan fingerprint density at radius 2 is 1.60 bits per heavy atom. The van der Waals surface area contributed by atoms with Crippen LogP contribution in [-0.4, -0.2) is 45.4 Å². The minimum absolute atomic E-state index is 0.437. The highest BCUT2D eigenvalue weighted by molar-refractivity contribution is 5.53. The molecule has 0 saturated carbocycles. The van der Waals surface area contributed by atoms with Crippen LogP contribution in [0, 0.1) is 0 Å². The van der Waals surface area contributed by atoms with Crippen LogP contribution in [-0.2, 0) is 6.54 Å². The van der Waals surface area contributed by atoms with Crippen molar-refractivity contribution in [3.8, 4) is 17.2 Å². The van der Waals surface area contributed by atoms with Gasteiger partial charge in [-0.2, -0.15) is 0 Å². The first kappa shape index (κ1) is 16.6. The molecule has 0 aliphatic rings. The number of hydrogen-bond acceptors (Lipinski definition) is 5. The van der Waals surface area contributed by atoms with Gasteiger partial charge in [0.2, 0.25) is 5.75 Å². The van der Waals surface area contributed by atoms with Crippen molar-refractivity contribution in [3.05, 3.63) is 17.7 Å². The van der Waals surface area contributed by atoms with E-state index in [1.54, 1.807) is 14.2 Å². The van der Waals surface area contributed by atoms with E-state index in [0.29, 0.717) is 30.4 Å². The first-order valence-electron chi connectivity index (χ1n) is 7.00. The molecule has 1 aromatic rings. The number of nitrogens with zero attached hydrogens (tertiary/aromatic N) is 1. The third-order valence-electron chi connectivity index (χ3n) is 3.30. The van der Waals surface area contributed by atoms with E-state index in [2.05, 4.69) is 18.7 Å². The number of ether oxygens (including phenoxy) is 3. The lowest BCUT2D eigenvalue weighted by Gasteiger charge is -2.20. The fraction of sp³-hybridized carbons (Fsp3) is 0.600. The van der Waals surface area contributed by atoms with Gasteiger partial charge in [0, 0.05) is 13.1 Å². The van der Waals surface area contributed by atoms with E-state index in [4.69, 9.17) is 19.9 Å². The Bertz CT molecular complexity index is 381. The fourth-order valence-corrected chi connectivity index (χ4v) is 2.01. The molecule has 5 nitrogen and oxygen atoms in total. The van der Waals surface area contributed by atoms with E-state index >= 15 is 0 Å². The second-order valence-electron chi connectivity index (χ2n) is 4.41. The zero-order valence-corrected chi connectivity index (χ0v) is 12.9. The third-order valence-corrected chi connectivity index (χ3v) is 3.30. The van der Waals surface area contributed by atoms with Crippen LogP contribution in [0.2, 0.25) is 0 Å². The summed E-state index contributed by atoms with van der Waals surface area (Å²) in [4.78, 5) is 2.30. The van der Waals surface area contributed by atoms with Crippen molar-refractivity contribution in [3.63, 3.8) is 0 Å². The molecule has 0 atom stereocenters. The van der Waals surface area contributed by atoms with Crippen LogP contribution in [0.5, 0.6) is 17.2 Å². The van der Waals surface area contributed by atoms with Gasteiger partial charge in [0.05, 0.1) is 14.2 Å². The van der Waals surface area contributed by atoms with Crippen LogP contribution in [0.3, 0.4) is 0 Å². The Labute approximate surface area is 121 Å². The summed E-state index contributed by atoms with van der Waals surface area (Å²) in [7, 11) is 3.23. The number of methoxy groups -OCH3 is 2. The Hall–Kier alpha value is -1.46. The normalized spacial score (nSPS) is 10.7. The van der Waals surface area contributed by atoms with Crippen LogP contribution >= 0.6 is 0 Å². The molecular weight excluding hydrogens is 256 g/mol. The highest BCUT2D eigenvalue weighted by atomic mass is 16.5. The maximum absolute atomic E-state index is 5.85. The lowest BCUT2D eigenvalue weighted by Crippen LogP contribution is -2.28. The fourth-order valence-electron chi connectivity index (χ4n) is 2.01. The SMILES string of the molecule is CCN(CC)CCOc1c(OC)cc(CN)cc1OC. The second kappa shape index (κ2) is 8.66. The molecular formula is C15H26N2O3. The molecule has 0 saturated heterocycles. The first-order chi connectivity index (χ1) is 9.69.